The van der Waals surface area contributed by atoms with Crippen molar-refractivity contribution < 1.29 is 14.3 Å². The first-order chi connectivity index (χ1) is 14.7. The van der Waals surface area contributed by atoms with E-state index in [1.54, 1.807) is 0 Å². The first-order valence-corrected chi connectivity index (χ1v) is 10.5. The molecule has 3 aliphatic rings. The lowest BCUT2D eigenvalue weighted by Gasteiger charge is -2.26. The van der Waals surface area contributed by atoms with Crippen molar-refractivity contribution in [3.05, 3.63) is 59.2 Å². The van der Waals surface area contributed by atoms with Gasteiger partial charge in [0.05, 0.1) is 25.8 Å². The van der Waals surface area contributed by atoms with Crippen molar-refractivity contribution in [2.24, 2.45) is 4.99 Å². The van der Waals surface area contributed by atoms with E-state index in [0.717, 1.165) is 42.9 Å². The molecule has 2 N–H and O–H groups in total. The van der Waals surface area contributed by atoms with Crippen LogP contribution in [0.4, 0.5) is 11.4 Å². The Bertz CT molecular complexity index is 969. The summed E-state index contributed by atoms with van der Waals surface area (Å²) in [6.45, 7) is 3.78. The van der Waals surface area contributed by atoms with Crippen LogP contribution in [-0.4, -0.2) is 49.7 Å². The highest BCUT2D eigenvalue weighted by Gasteiger charge is 2.24. The Morgan fingerprint density at radius 3 is 2.93 bits per heavy atom. The molecule has 0 radical (unpaired) electrons. The van der Waals surface area contributed by atoms with Crippen molar-refractivity contribution in [3.63, 3.8) is 0 Å². The minimum absolute atomic E-state index is 0.0105. The number of nitrogens with zero attached hydrogens (tertiary/aromatic N) is 2. The van der Waals surface area contributed by atoms with E-state index in [1.165, 1.54) is 11.1 Å². The van der Waals surface area contributed by atoms with E-state index in [-0.39, 0.29) is 11.9 Å². The Morgan fingerprint density at radius 2 is 2.03 bits per heavy atom. The van der Waals surface area contributed by atoms with E-state index in [9.17, 15) is 4.79 Å². The maximum absolute atomic E-state index is 12.3. The van der Waals surface area contributed by atoms with Crippen molar-refractivity contribution >= 4 is 23.3 Å². The van der Waals surface area contributed by atoms with Gasteiger partial charge in [-0.1, -0.05) is 24.3 Å². The van der Waals surface area contributed by atoms with Crippen molar-refractivity contribution in [1.82, 2.24) is 4.90 Å². The quantitative estimate of drug-likeness (QED) is 0.817. The highest BCUT2D eigenvalue weighted by Crippen LogP contribution is 2.34. The minimum atomic E-state index is -0.0105. The van der Waals surface area contributed by atoms with Gasteiger partial charge in [0.25, 0.3) is 6.02 Å². The van der Waals surface area contributed by atoms with Crippen LogP contribution in [0, 0.1) is 0 Å². The average Bonchev–Trinajstić information content (AvgIpc) is 3.17. The van der Waals surface area contributed by atoms with Crippen LogP contribution in [0.1, 0.15) is 29.2 Å². The number of nitrogens with one attached hydrogen (secondary N) is 2. The normalized spacial score (nSPS) is 22.0. The van der Waals surface area contributed by atoms with Crippen LogP contribution >= 0.6 is 0 Å². The second kappa shape index (κ2) is 8.45. The van der Waals surface area contributed by atoms with Gasteiger partial charge in [-0.05, 0) is 42.2 Å². The van der Waals surface area contributed by atoms with E-state index >= 15 is 0 Å². The number of hydrogen-bond acceptors (Lipinski definition) is 5. The first-order valence-electron chi connectivity index (χ1n) is 10.5. The van der Waals surface area contributed by atoms with Crippen LogP contribution in [0.15, 0.2) is 47.5 Å². The molecule has 1 amide bonds. The Morgan fingerprint density at radius 1 is 1.17 bits per heavy atom. The lowest BCUT2D eigenvalue weighted by atomic mass is 10.1. The van der Waals surface area contributed by atoms with Gasteiger partial charge in [0.1, 0.15) is 6.61 Å². The summed E-state index contributed by atoms with van der Waals surface area (Å²) in [6.07, 6.45) is 2.07. The van der Waals surface area contributed by atoms with E-state index in [2.05, 4.69) is 39.8 Å². The molecule has 0 saturated carbocycles. The summed E-state index contributed by atoms with van der Waals surface area (Å²) < 4.78 is 11.2. The first kappa shape index (κ1) is 19.1. The Labute approximate surface area is 176 Å². The van der Waals surface area contributed by atoms with Crippen molar-refractivity contribution in [3.8, 4) is 0 Å². The van der Waals surface area contributed by atoms with Gasteiger partial charge in [-0.2, -0.15) is 0 Å². The molecule has 7 nitrogen and oxygen atoms in total. The third-order valence-corrected chi connectivity index (χ3v) is 5.84. The zero-order valence-electron chi connectivity index (χ0n) is 16.9. The van der Waals surface area contributed by atoms with Gasteiger partial charge in [0, 0.05) is 30.0 Å². The highest BCUT2D eigenvalue weighted by atomic mass is 16.5. The van der Waals surface area contributed by atoms with Gasteiger partial charge in [-0.25, -0.2) is 4.99 Å². The highest BCUT2D eigenvalue weighted by molar-refractivity contribution is 5.95. The standard InChI is InChI=1S/C23H26N4O3/c28-22(14-27-9-11-29-12-10-27)24-18-6-8-20-17(13-18)15-30-23(25-20)26-21-7-5-16-3-1-2-4-19(16)21/h1-4,6,8,13,21H,5,7,9-12,14-15H2,(H,24,28)(H,25,26)/t21-/m1/s1. The molecule has 2 aromatic rings. The molecule has 30 heavy (non-hydrogen) atoms. The number of anilines is 2. The molecule has 1 atom stereocenters. The monoisotopic (exact) mass is 406 g/mol. The van der Waals surface area contributed by atoms with Crippen molar-refractivity contribution in [2.45, 2.75) is 25.5 Å². The Kier molecular flexibility index (Phi) is 5.38. The largest absolute Gasteiger partial charge is 0.460 e. The molecular formula is C23H26N4O3. The summed E-state index contributed by atoms with van der Waals surface area (Å²) in [5.41, 5.74) is 5.42. The number of hydrogen-bond donors (Lipinski definition) is 2. The summed E-state index contributed by atoms with van der Waals surface area (Å²) in [5, 5.41) is 6.28. The number of carbonyl (C=O) groups is 1. The average molecular weight is 406 g/mol. The zero-order valence-corrected chi connectivity index (χ0v) is 16.9. The van der Waals surface area contributed by atoms with E-state index < -0.39 is 0 Å². The van der Waals surface area contributed by atoms with Gasteiger partial charge in [0.2, 0.25) is 5.91 Å². The van der Waals surface area contributed by atoms with Gasteiger partial charge < -0.3 is 20.1 Å². The molecule has 1 aliphatic carbocycles. The SMILES string of the molecule is O=C(CN1CCOCC1)Nc1ccc2c(c1)COC(=N[C@@H]1CCc3ccccc31)N2. The number of benzene rings is 2. The number of ether oxygens (including phenoxy) is 2. The summed E-state index contributed by atoms with van der Waals surface area (Å²) in [7, 11) is 0. The molecule has 1 fully saturated rings. The van der Waals surface area contributed by atoms with Crippen LogP contribution in [0.2, 0.25) is 0 Å². The number of amidine groups is 1. The molecular weight excluding hydrogens is 380 g/mol. The topological polar surface area (TPSA) is 75.2 Å². The second-order valence-electron chi connectivity index (χ2n) is 7.91. The van der Waals surface area contributed by atoms with Crippen LogP contribution < -0.4 is 10.6 Å². The van der Waals surface area contributed by atoms with Gasteiger partial charge in [-0.15, -0.1) is 0 Å². The van der Waals surface area contributed by atoms with Crippen LogP contribution in [0.3, 0.4) is 0 Å². The van der Waals surface area contributed by atoms with Crippen molar-refractivity contribution in [2.75, 3.05) is 43.5 Å². The van der Waals surface area contributed by atoms with E-state index in [4.69, 9.17) is 14.5 Å². The van der Waals surface area contributed by atoms with E-state index in [1.807, 2.05) is 18.2 Å². The fourth-order valence-corrected chi connectivity index (χ4v) is 4.25. The smallest absolute Gasteiger partial charge is 0.290 e. The number of amides is 1. The number of aliphatic imine (C=N–C) groups is 1. The summed E-state index contributed by atoms with van der Waals surface area (Å²) in [4.78, 5) is 19.2. The number of morpholine rings is 1. The molecule has 156 valence electrons. The van der Waals surface area contributed by atoms with Crippen molar-refractivity contribution in [1.29, 1.82) is 0 Å². The van der Waals surface area contributed by atoms with Gasteiger partial charge >= 0.3 is 0 Å². The van der Waals surface area contributed by atoms with Crippen LogP contribution in [-0.2, 0) is 27.3 Å². The maximum Gasteiger partial charge on any atom is 0.290 e. The fourth-order valence-electron chi connectivity index (χ4n) is 4.25. The van der Waals surface area contributed by atoms with E-state index in [0.29, 0.717) is 32.4 Å². The lowest BCUT2D eigenvalue weighted by Crippen LogP contribution is -2.41. The predicted molar refractivity (Wildman–Crippen MR) is 116 cm³/mol. The van der Waals surface area contributed by atoms with Gasteiger partial charge in [-0.3, -0.25) is 9.69 Å². The number of carbonyl (C=O) groups excluding carboxylic acids is 1. The molecule has 0 unspecified atom stereocenters. The summed E-state index contributed by atoms with van der Waals surface area (Å²) in [5.74, 6) is -0.0105. The second-order valence-corrected chi connectivity index (χ2v) is 7.91. The third kappa shape index (κ3) is 4.17. The summed E-state index contributed by atoms with van der Waals surface area (Å²) >= 11 is 0. The molecule has 1 saturated heterocycles. The van der Waals surface area contributed by atoms with Gasteiger partial charge in [0.15, 0.2) is 0 Å². The fraction of sp³-hybridized carbons (Fsp3) is 0.391. The zero-order chi connectivity index (χ0) is 20.3. The summed E-state index contributed by atoms with van der Waals surface area (Å²) in [6, 6.07) is 15.0. The maximum atomic E-state index is 12.3. The number of aryl methyl sites for hydroxylation is 1. The number of rotatable bonds is 4. The lowest BCUT2D eigenvalue weighted by molar-refractivity contribution is -0.118. The minimum Gasteiger partial charge on any atom is -0.460 e. The molecule has 0 aromatic heterocycles. The Hall–Kier alpha value is -2.90. The van der Waals surface area contributed by atoms with Crippen LogP contribution in [0.25, 0.3) is 0 Å². The Balaban J connectivity index is 1.22. The molecule has 5 rings (SSSR count). The predicted octanol–water partition coefficient (Wildman–Crippen LogP) is 2.94. The molecule has 2 aromatic carbocycles. The third-order valence-electron chi connectivity index (χ3n) is 5.84. The molecule has 2 aliphatic heterocycles. The molecule has 7 heteroatoms. The molecule has 0 bridgehead atoms. The number of fused-ring (bicyclic) bond motifs is 2. The molecule has 0 spiro atoms. The van der Waals surface area contributed by atoms with Crippen LogP contribution in [0.5, 0.6) is 0 Å². The molecule has 2 heterocycles.